The normalized spacial score (nSPS) is 10.8. The second-order valence-electron chi connectivity index (χ2n) is 6.59. The van der Waals surface area contributed by atoms with Gasteiger partial charge < -0.3 is 0 Å². The van der Waals surface area contributed by atoms with Crippen molar-refractivity contribution in [3.8, 4) is 10.6 Å². The number of amides is 2. The zero-order valence-electron chi connectivity index (χ0n) is 16.6. The Kier molecular flexibility index (Phi) is 6.22. The molecule has 0 aliphatic rings. The average Bonchev–Trinajstić information content (AvgIpc) is 3.30. The lowest BCUT2D eigenvalue weighted by Crippen LogP contribution is -2.43. The molecule has 4 aromatic rings. The number of carbonyl (C=O) groups is 2. The predicted octanol–water partition coefficient (Wildman–Crippen LogP) is 3.92. The van der Waals surface area contributed by atoms with Gasteiger partial charge in [-0.25, -0.2) is 9.67 Å². The van der Waals surface area contributed by atoms with E-state index in [1.807, 2.05) is 0 Å². The van der Waals surface area contributed by atoms with Gasteiger partial charge in [-0.1, -0.05) is 47.5 Å². The van der Waals surface area contributed by atoms with Gasteiger partial charge in [0.2, 0.25) is 0 Å². The molecule has 2 aromatic heterocycles. The summed E-state index contributed by atoms with van der Waals surface area (Å²) in [6.07, 6.45) is 0. The Morgan fingerprint density at radius 1 is 1.03 bits per heavy atom. The second-order valence-corrected chi connectivity index (χ2v) is 8.26. The van der Waals surface area contributed by atoms with Crippen LogP contribution in [0.25, 0.3) is 21.3 Å². The van der Waals surface area contributed by atoms with E-state index in [9.17, 15) is 14.4 Å². The van der Waals surface area contributed by atoms with Crippen LogP contribution < -0.4 is 16.4 Å². The lowest BCUT2D eigenvalue weighted by Gasteiger charge is -2.10. The van der Waals surface area contributed by atoms with E-state index in [2.05, 4.69) is 20.9 Å². The van der Waals surface area contributed by atoms with Crippen molar-refractivity contribution in [2.75, 3.05) is 0 Å². The molecule has 0 aliphatic heterocycles. The minimum Gasteiger partial charge on any atom is -0.267 e. The van der Waals surface area contributed by atoms with E-state index in [0.29, 0.717) is 37.9 Å². The molecule has 0 unspecified atom stereocenters. The van der Waals surface area contributed by atoms with Crippen LogP contribution in [-0.2, 0) is 6.54 Å². The first-order valence-electron chi connectivity index (χ1n) is 9.40. The number of rotatable bonds is 4. The maximum Gasteiger partial charge on any atom is 0.290 e. The number of halogens is 2. The van der Waals surface area contributed by atoms with Gasteiger partial charge in [0.25, 0.3) is 17.4 Å². The van der Waals surface area contributed by atoms with E-state index >= 15 is 0 Å². The van der Waals surface area contributed by atoms with E-state index in [0.717, 1.165) is 0 Å². The Morgan fingerprint density at radius 2 is 1.75 bits per heavy atom. The fourth-order valence-electron chi connectivity index (χ4n) is 2.99. The first-order valence-corrected chi connectivity index (χ1v) is 11.0. The molecule has 2 aromatic carbocycles. The minimum atomic E-state index is -0.656. The van der Waals surface area contributed by atoms with E-state index in [-0.39, 0.29) is 16.9 Å². The number of thiazole rings is 1. The van der Waals surface area contributed by atoms with Gasteiger partial charge in [0.15, 0.2) is 5.69 Å². The van der Waals surface area contributed by atoms with Gasteiger partial charge in [0.1, 0.15) is 10.7 Å². The van der Waals surface area contributed by atoms with Gasteiger partial charge in [-0.2, -0.15) is 5.10 Å². The lowest BCUT2D eigenvalue weighted by atomic mass is 10.1. The molecule has 0 aliphatic carbocycles. The fraction of sp³-hybridized carbons (Fsp3) is 0.0952. The van der Waals surface area contributed by atoms with E-state index in [1.165, 1.54) is 16.0 Å². The molecule has 0 bridgehead atoms. The van der Waals surface area contributed by atoms with Gasteiger partial charge in [-0.05, 0) is 25.1 Å². The number of hydrogen-bond donors (Lipinski definition) is 2. The zero-order chi connectivity index (χ0) is 22.8. The van der Waals surface area contributed by atoms with Crippen LogP contribution in [0.5, 0.6) is 0 Å². The fourth-order valence-corrected chi connectivity index (χ4v) is 4.09. The predicted molar refractivity (Wildman–Crippen MR) is 124 cm³/mol. The van der Waals surface area contributed by atoms with Crippen LogP contribution in [-0.4, -0.2) is 26.6 Å². The van der Waals surface area contributed by atoms with E-state index < -0.39 is 11.8 Å². The average molecular weight is 488 g/mol. The number of nitrogens with zero attached hydrogens (tertiary/aromatic N) is 3. The summed E-state index contributed by atoms with van der Waals surface area (Å²) in [4.78, 5) is 41.9. The largest absolute Gasteiger partial charge is 0.290 e. The van der Waals surface area contributed by atoms with Crippen molar-refractivity contribution < 1.29 is 9.59 Å². The monoisotopic (exact) mass is 487 g/mol. The summed E-state index contributed by atoms with van der Waals surface area (Å²) in [6, 6.07) is 11.7. The minimum absolute atomic E-state index is 0.0251. The first kappa shape index (κ1) is 21.9. The number of hydrogen-bond acceptors (Lipinski definition) is 6. The number of benzene rings is 2. The van der Waals surface area contributed by atoms with Crippen molar-refractivity contribution in [2.45, 2.75) is 13.5 Å². The number of fused-ring (bicyclic) bond motifs is 1. The highest BCUT2D eigenvalue weighted by atomic mass is 35.5. The molecule has 2 amide bonds. The molecule has 4 rings (SSSR count). The molecule has 11 heteroatoms. The van der Waals surface area contributed by atoms with Gasteiger partial charge in [0, 0.05) is 22.9 Å². The summed E-state index contributed by atoms with van der Waals surface area (Å²) in [5, 5.41) is 7.82. The van der Waals surface area contributed by atoms with Crippen molar-refractivity contribution in [3.63, 3.8) is 0 Å². The maximum absolute atomic E-state index is 12.7. The summed E-state index contributed by atoms with van der Waals surface area (Å²) in [6.45, 7) is 2.05. The van der Waals surface area contributed by atoms with Crippen LogP contribution >= 0.6 is 34.5 Å². The van der Waals surface area contributed by atoms with Gasteiger partial charge in [-0.3, -0.25) is 25.2 Å². The van der Waals surface area contributed by atoms with Crippen molar-refractivity contribution in [3.05, 3.63) is 79.6 Å². The molecule has 0 atom stereocenters. The van der Waals surface area contributed by atoms with Gasteiger partial charge in [0.05, 0.1) is 15.4 Å². The summed E-state index contributed by atoms with van der Waals surface area (Å²) in [5.41, 5.74) is 5.23. The molecule has 0 radical (unpaired) electrons. The Hall–Kier alpha value is -3.27. The van der Waals surface area contributed by atoms with Crippen molar-refractivity contribution in [2.24, 2.45) is 0 Å². The van der Waals surface area contributed by atoms with E-state index in [1.54, 1.807) is 54.8 Å². The molecule has 8 nitrogen and oxygen atoms in total. The summed E-state index contributed by atoms with van der Waals surface area (Å²) in [5.74, 6) is -1.26. The summed E-state index contributed by atoms with van der Waals surface area (Å²) >= 11 is 13.2. The Morgan fingerprint density at radius 3 is 2.47 bits per heavy atom. The molecule has 2 heterocycles. The van der Waals surface area contributed by atoms with E-state index in [4.69, 9.17) is 23.2 Å². The molecule has 0 saturated heterocycles. The Balaban J connectivity index is 1.52. The molecular formula is C21H15Cl2N5O3S. The molecular weight excluding hydrogens is 473 g/mol. The number of carbonyl (C=O) groups excluding carboxylic acids is 2. The lowest BCUT2D eigenvalue weighted by molar-refractivity contribution is 0.0841. The highest BCUT2D eigenvalue weighted by molar-refractivity contribution is 7.13. The van der Waals surface area contributed by atoms with Crippen LogP contribution in [0, 0.1) is 0 Å². The third-order valence-electron chi connectivity index (χ3n) is 4.58. The molecule has 32 heavy (non-hydrogen) atoms. The van der Waals surface area contributed by atoms with Gasteiger partial charge >= 0.3 is 0 Å². The second kappa shape index (κ2) is 9.07. The Bertz CT molecular complexity index is 1420. The number of aromatic nitrogens is 3. The molecule has 0 spiro atoms. The van der Waals surface area contributed by atoms with Crippen LogP contribution in [0.3, 0.4) is 0 Å². The molecule has 162 valence electrons. The smallest absolute Gasteiger partial charge is 0.267 e. The maximum atomic E-state index is 12.7. The van der Waals surface area contributed by atoms with Crippen molar-refractivity contribution in [1.29, 1.82) is 0 Å². The third-order valence-corrected chi connectivity index (χ3v) is 6.21. The van der Waals surface area contributed by atoms with Crippen LogP contribution in [0.15, 0.2) is 52.6 Å². The quantitative estimate of drug-likeness (QED) is 0.424. The van der Waals surface area contributed by atoms with Crippen LogP contribution in [0.4, 0.5) is 0 Å². The molecule has 0 saturated carbocycles. The van der Waals surface area contributed by atoms with Gasteiger partial charge in [-0.15, -0.1) is 11.3 Å². The summed E-state index contributed by atoms with van der Waals surface area (Å²) < 4.78 is 1.20. The third kappa shape index (κ3) is 4.22. The number of nitrogens with one attached hydrogen (secondary N) is 2. The molecule has 2 N–H and O–H groups in total. The van der Waals surface area contributed by atoms with Crippen molar-refractivity contribution >= 4 is 57.1 Å². The standard InChI is InChI=1S/C21H15Cl2N5O3S/c1-2-28-21(31)13-6-4-3-5-12(13)17(27-28)19(30)26-25-18(29)16-10-32-20(24-16)11-7-8-14(22)15(23)9-11/h3-10H,2H2,1H3,(H,25,29)(H,26,30). The summed E-state index contributed by atoms with van der Waals surface area (Å²) in [7, 11) is 0. The highest BCUT2D eigenvalue weighted by Crippen LogP contribution is 2.30. The zero-order valence-corrected chi connectivity index (χ0v) is 18.9. The first-order chi connectivity index (χ1) is 15.4. The van der Waals surface area contributed by atoms with Crippen LogP contribution in [0.2, 0.25) is 10.0 Å². The highest BCUT2D eigenvalue weighted by Gasteiger charge is 2.18. The molecule has 0 fully saturated rings. The number of aryl methyl sites for hydroxylation is 1. The van der Waals surface area contributed by atoms with Crippen LogP contribution in [0.1, 0.15) is 27.9 Å². The Labute approximate surface area is 195 Å². The number of hydrazine groups is 1. The topological polar surface area (TPSA) is 106 Å². The SMILES string of the molecule is CCn1nc(C(=O)NNC(=O)c2csc(-c3ccc(Cl)c(Cl)c3)n2)c2ccccc2c1=O. The van der Waals surface area contributed by atoms with Crippen molar-refractivity contribution in [1.82, 2.24) is 25.6 Å².